The highest BCUT2D eigenvalue weighted by molar-refractivity contribution is 7.95. The zero-order valence-corrected chi connectivity index (χ0v) is 21.5. The lowest BCUT2D eigenvalue weighted by atomic mass is 10.1. The SMILES string of the molecule is COc1ccc(CS(=O)(=O)C(=Cc2c(OC)cc(OC)cc2OC)C(=O)c2ccc(OC)cc2)cc1. The third-order valence-corrected chi connectivity index (χ3v) is 7.14. The first kappa shape index (κ1) is 26.6. The molecule has 0 N–H and O–H groups in total. The smallest absolute Gasteiger partial charge is 0.204 e. The van der Waals surface area contributed by atoms with Gasteiger partial charge in [0, 0.05) is 17.7 Å². The van der Waals surface area contributed by atoms with E-state index < -0.39 is 26.3 Å². The maximum atomic E-state index is 13.7. The van der Waals surface area contributed by atoms with Gasteiger partial charge in [0.1, 0.15) is 33.7 Å². The number of rotatable bonds is 11. The summed E-state index contributed by atoms with van der Waals surface area (Å²) in [5.41, 5.74) is 0.973. The first-order valence-electron chi connectivity index (χ1n) is 10.8. The van der Waals surface area contributed by atoms with Gasteiger partial charge in [-0.1, -0.05) is 12.1 Å². The number of Topliss-reactive ketones (excluding diaryl/α,β-unsaturated/α-hetero) is 1. The molecule has 0 bridgehead atoms. The van der Waals surface area contributed by atoms with E-state index in [4.69, 9.17) is 23.7 Å². The maximum Gasteiger partial charge on any atom is 0.204 e. The Bertz CT molecular complexity index is 1320. The molecule has 0 fully saturated rings. The minimum Gasteiger partial charge on any atom is -0.497 e. The molecule has 0 atom stereocenters. The lowest BCUT2D eigenvalue weighted by Gasteiger charge is -2.15. The number of carbonyl (C=O) groups is 1. The van der Waals surface area contributed by atoms with Gasteiger partial charge in [-0.15, -0.1) is 0 Å². The van der Waals surface area contributed by atoms with Gasteiger partial charge in [-0.2, -0.15) is 0 Å². The number of ketones is 1. The van der Waals surface area contributed by atoms with E-state index in [9.17, 15) is 13.2 Å². The van der Waals surface area contributed by atoms with Crippen molar-refractivity contribution in [1.29, 1.82) is 0 Å². The predicted octanol–water partition coefficient (Wildman–Crippen LogP) is 4.57. The molecule has 0 aliphatic heterocycles. The largest absolute Gasteiger partial charge is 0.497 e. The van der Waals surface area contributed by atoms with Crippen LogP contribution in [-0.2, 0) is 15.6 Å². The standard InChI is InChI=1S/C27H28O8S/c1-31-20-10-6-18(7-11-20)17-36(29,30)26(27(28)19-8-12-21(32-2)13-9-19)16-23-24(34-4)14-22(33-3)15-25(23)35-5/h6-16H,17H2,1-5H3. The van der Waals surface area contributed by atoms with Crippen LogP contribution < -0.4 is 23.7 Å². The number of hydrogen-bond acceptors (Lipinski definition) is 8. The van der Waals surface area contributed by atoms with Crippen molar-refractivity contribution in [3.8, 4) is 28.7 Å². The van der Waals surface area contributed by atoms with Crippen molar-refractivity contribution in [1.82, 2.24) is 0 Å². The first-order chi connectivity index (χ1) is 17.3. The van der Waals surface area contributed by atoms with E-state index in [1.165, 1.54) is 53.8 Å². The van der Waals surface area contributed by atoms with E-state index in [2.05, 4.69) is 0 Å². The minimum absolute atomic E-state index is 0.187. The van der Waals surface area contributed by atoms with Crippen LogP contribution in [-0.4, -0.2) is 49.8 Å². The summed E-state index contributed by atoms with van der Waals surface area (Å²) in [5, 5.41) is 0. The lowest BCUT2D eigenvalue weighted by Crippen LogP contribution is -2.16. The van der Waals surface area contributed by atoms with Crippen LogP contribution in [0.1, 0.15) is 21.5 Å². The molecule has 0 radical (unpaired) electrons. The van der Waals surface area contributed by atoms with Crippen LogP contribution in [0.3, 0.4) is 0 Å². The molecule has 9 heteroatoms. The number of ether oxygens (including phenoxy) is 5. The van der Waals surface area contributed by atoms with Crippen LogP contribution in [0.2, 0.25) is 0 Å². The second-order valence-electron chi connectivity index (χ2n) is 7.62. The average Bonchev–Trinajstić information content (AvgIpc) is 2.91. The summed E-state index contributed by atoms with van der Waals surface area (Å²) in [4.78, 5) is 13.2. The Balaban J connectivity index is 2.18. The van der Waals surface area contributed by atoms with Crippen LogP contribution in [0, 0.1) is 0 Å². The van der Waals surface area contributed by atoms with Gasteiger partial charge < -0.3 is 23.7 Å². The van der Waals surface area contributed by atoms with E-state index >= 15 is 0 Å². The monoisotopic (exact) mass is 512 g/mol. The quantitative estimate of drug-likeness (QED) is 0.272. The summed E-state index contributed by atoms with van der Waals surface area (Å²) in [6.07, 6.45) is 1.28. The molecule has 0 heterocycles. The molecule has 0 unspecified atom stereocenters. The van der Waals surface area contributed by atoms with Crippen molar-refractivity contribution in [3.63, 3.8) is 0 Å². The highest BCUT2D eigenvalue weighted by Gasteiger charge is 2.28. The Kier molecular flexibility index (Phi) is 8.60. The molecular weight excluding hydrogens is 484 g/mol. The minimum atomic E-state index is -4.12. The van der Waals surface area contributed by atoms with Crippen molar-refractivity contribution in [2.75, 3.05) is 35.5 Å². The number of carbonyl (C=O) groups excluding carboxylic acids is 1. The van der Waals surface area contributed by atoms with E-state index in [-0.39, 0.29) is 22.6 Å². The molecule has 0 saturated heterocycles. The van der Waals surface area contributed by atoms with Crippen molar-refractivity contribution >= 4 is 21.7 Å². The third kappa shape index (κ3) is 5.98. The maximum absolute atomic E-state index is 13.7. The number of hydrogen-bond donors (Lipinski definition) is 0. The molecule has 8 nitrogen and oxygen atoms in total. The molecular formula is C27H28O8S. The fourth-order valence-electron chi connectivity index (χ4n) is 3.51. The Hall–Kier alpha value is -3.98. The van der Waals surface area contributed by atoms with Gasteiger partial charge in [-0.3, -0.25) is 4.79 Å². The Morgan fingerprint density at radius 2 is 1.17 bits per heavy atom. The van der Waals surface area contributed by atoms with Gasteiger partial charge in [0.2, 0.25) is 5.78 Å². The molecule has 3 aromatic carbocycles. The van der Waals surface area contributed by atoms with E-state index in [1.54, 1.807) is 48.5 Å². The number of allylic oxidation sites excluding steroid dienone is 1. The number of methoxy groups -OCH3 is 5. The first-order valence-corrected chi connectivity index (χ1v) is 12.5. The van der Waals surface area contributed by atoms with Gasteiger partial charge >= 0.3 is 0 Å². The van der Waals surface area contributed by atoms with E-state index in [0.717, 1.165) is 0 Å². The lowest BCUT2D eigenvalue weighted by molar-refractivity contribution is 0.104. The van der Waals surface area contributed by atoms with Gasteiger partial charge in [0.25, 0.3) is 0 Å². The molecule has 0 saturated carbocycles. The normalized spacial score (nSPS) is 11.5. The highest BCUT2D eigenvalue weighted by Crippen LogP contribution is 2.37. The topological polar surface area (TPSA) is 97.4 Å². The predicted molar refractivity (Wildman–Crippen MR) is 137 cm³/mol. The van der Waals surface area contributed by atoms with E-state index in [0.29, 0.717) is 22.8 Å². The molecule has 0 amide bonds. The zero-order chi connectivity index (χ0) is 26.3. The molecule has 0 aliphatic carbocycles. The Morgan fingerprint density at radius 3 is 1.61 bits per heavy atom. The number of sulfone groups is 1. The average molecular weight is 513 g/mol. The second kappa shape index (κ2) is 11.6. The van der Waals surface area contributed by atoms with Gasteiger partial charge in [-0.25, -0.2) is 8.42 Å². The van der Waals surface area contributed by atoms with Crippen LogP contribution in [0.4, 0.5) is 0 Å². The summed E-state index contributed by atoms with van der Waals surface area (Å²) >= 11 is 0. The van der Waals surface area contributed by atoms with Crippen molar-refractivity contribution in [2.45, 2.75) is 5.75 Å². The Labute approximate surface area is 210 Å². The molecule has 3 rings (SSSR count). The summed E-state index contributed by atoms with van der Waals surface area (Å²) in [6.45, 7) is 0. The molecule has 3 aromatic rings. The molecule has 0 spiro atoms. The summed E-state index contributed by atoms with van der Waals surface area (Å²) in [6, 6.07) is 16.0. The van der Waals surface area contributed by atoms with E-state index in [1.807, 2.05) is 0 Å². The van der Waals surface area contributed by atoms with Crippen molar-refractivity contribution in [3.05, 3.63) is 82.3 Å². The van der Waals surface area contributed by atoms with Gasteiger partial charge in [0.05, 0.1) is 46.9 Å². The van der Waals surface area contributed by atoms with Crippen LogP contribution in [0.25, 0.3) is 6.08 Å². The Morgan fingerprint density at radius 1 is 0.694 bits per heavy atom. The summed E-state index contributed by atoms with van der Waals surface area (Å²) in [5.74, 6) is 1.07. The van der Waals surface area contributed by atoms with Gasteiger partial charge in [-0.05, 0) is 48.0 Å². The molecule has 0 aromatic heterocycles. The van der Waals surface area contributed by atoms with Crippen LogP contribution in [0.15, 0.2) is 65.6 Å². The fourth-order valence-corrected chi connectivity index (χ4v) is 4.99. The van der Waals surface area contributed by atoms with Crippen LogP contribution in [0.5, 0.6) is 28.7 Å². The summed E-state index contributed by atoms with van der Waals surface area (Å²) < 4.78 is 53.8. The van der Waals surface area contributed by atoms with Crippen molar-refractivity contribution < 1.29 is 36.9 Å². The third-order valence-electron chi connectivity index (χ3n) is 5.46. The number of benzene rings is 3. The molecule has 190 valence electrons. The summed E-state index contributed by atoms with van der Waals surface area (Å²) in [7, 11) is 3.26. The van der Waals surface area contributed by atoms with Gasteiger partial charge in [0.15, 0.2) is 9.84 Å². The molecule has 36 heavy (non-hydrogen) atoms. The van der Waals surface area contributed by atoms with Crippen LogP contribution >= 0.6 is 0 Å². The highest BCUT2D eigenvalue weighted by atomic mass is 32.2. The molecule has 0 aliphatic rings. The van der Waals surface area contributed by atoms with Crippen molar-refractivity contribution in [2.24, 2.45) is 0 Å². The second-order valence-corrected chi connectivity index (χ2v) is 9.58. The fraction of sp³-hybridized carbons (Fsp3) is 0.222. The zero-order valence-electron chi connectivity index (χ0n) is 20.7.